The van der Waals surface area contributed by atoms with Crippen LogP contribution in [0.25, 0.3) is 21.9 Å². The van der Waals surface area contributed by atoms with Crippen molar-refractivity contribution < 1.29 is 14.0 Å². The van der Waals surface area contributed by atoms with E-state index in [9.17, 15) is 9.59 Å². The van der Waals surface area contributed by atoms with Crippen LogP contribution in [0, 0.1) is 5.92 Å². The van der Waals surface area contributed by atoms with Crippen LogP contribution in [0.15, 0.2) is 46.9 Å². The van der Waals surface area contributed by atoms with Crippen LogP contribution in [0.5, 0.6) is 0 Å². The lowest BCUT2D eigenvalue weighted by Crippen LogP contribution is -2.53. The first kappa shape index (κ1) is 14.0. The van der Waals surface area contributed by atoms with Crippen molar-refractivity contribution >= 4 is 33.6 Å². The van der Waals surface area contributed by atoms with E-state index < -0.39 is 0 Å². The molecule has 0 atom stereocenters. The molecule has 0 unspecified atom stereocenters. The molecule has 4 rings (SSSR count). The second-order valence-corrected chi connectivity index (χ2v) is 6.21. The van der Waals surface area contributed by atoms with Crippen LogP contribution in [0.4, 0.5) is 0 Å². The summed E-state index contributed by atoms with van der Waals surface area (Å²) in [6.45, 7) is 2.71. The molecule has 4 heteroatoms. The van der Waals surface area contributed by atoms with E-state index in [0.717, 1.165) is 27.5 Å². The van der Waals surface area contributed by atoms with Crippen LogP contribution >= 0.6 is 0 Å². The fourth-order valence-electron chi connectivity index (χ4n) is 3.11. The van der Waals surface area contributed by atoms with Gasteiger partial charge in [0.15, 0.2) is 0 Å². The van der Waals surface area contributed by atoms with Crippen molar-refractivity contribution in [3.8, 4) is 0 Å². The lowest BCUT2D eigenvalue weighted by molar-refractivity contribution is -0.140. The molecular weight excluding hydrogens is 290 g/mol. The first-order chi connectivity index (χ1) is 11.1. The molecule has 0 spiro atoms. The number of likely N-dealkylation sites (tertiary alicyclic amines) is 1. The number of para-hydroxylation sites is 1. The van der Waals surface area contributed by atoms with Gasteiger partial charge in [0.2, 0.25) is 5.91 Å². The third kappa shape index (κ3) is 2.40. The molecule has 1 fully saturated rings. The number of amides is 1. The van der Waals surface area contributed by atoms with Gasteiger partial charge in [-0.15, -0.1) is 0 Å². The van der Waals surface area contributed by atoms with Crippen LogP contribution in [0.1, 0.15) is 12.5 Å². The molecule has 0 saturated carbocycles. The molecule has 4 nitrogen and oxygen atoms in total. The predicted molar refractivity (Wildman–Crippen MR) is 88.2 cm³/mol. The van der Waals surface area contributed by atoms with Gasteiger partial charge in [0.25, 0.3) is 0 Å². The van der Waals surface area contributed by atoms with Crippen LogP contribution in [0.2, 0.25) is 0 Å². The number of hydrogen-bond acceptors (Lipinski definition) is 3. The minimum Gasteiger partial charge on any atom is -0.456 e. The average Bonchev–Trinajstić information content (AvgIpc) is 2.83. The summed E-state index contributed by atoms with van der Waals surface area (Å²) in [7, 11) is 0. The van der Waals surface area contributed by atoms with Gasteiger partial charge in [-0.05, 0) is 30.7 Å². The molecule has 116 valence electrons. The van der Waals surface area contributed by atoms with Crippen molar-refractivity contribution in [2.45, 2.75) is 13.3 Å². The van der Waals surface area contributed by atoms with Crippen LogP contribution in [-0.2, 0) is 16.0 Å². The minimum absolute atomic E-state index is 0.0271. The third-order valence-electron chi connectivity index (χ3n) is 4.61. The van der Waals surface area contributed by atoms with E-state index in [1.54, 1.807) is 11.8 Å². The van der Waals surface area contributed by atoms with Gasteiger partial charge in [-0.3, -0.25) is 9.59 Å². The molecule has 1 aliphatic rings. The third-order valence-corrected chi connectivity index (χ3v) is 4.61. The molecule has 1 aliphatic heterocycles. The highest BCUT2D eigenvalue weighted by molar-refractivity contribution is 6.05. The maximum Gasteiger partial charge on any atom is 0.227 e. The fourth-order valence-corrected chi connectivity index (χ4v) is 3.11. The van der Waals surface area contributed by atoms with Crippen LogP contribution < -0.4 is 0 Å². The van der Waals surface area contributed by atoms with Gasteiger partial charge in [-0.2, -0.15) is 0 Å². The van der Waals surface area contributed by atoms with Crippen molar-refractivity contribution in [1.82, 2.24) is 4.90 Å². The second kappa shape index (κ2) is 5.23. The number of benzene rings is 2. The van der Waals surface area contributed by atoms with E-state index in [1.807, 2.05) is 42.5 Å². The highest BCUT2D eigenvalue weighted by Crippen LogP contribution is 2.29. The molecule has 23 heavy (non-hydrogen) atoms. The molecular formula is C19H17NO3. The molecule has 0 aliphatic carbocycles. The molecule has 1 saturated heterocycles. The normalized spacial score (nSPS) is 15.1. The van der Waals surface area contributed by atoms with Gasteiger partial charge >= 0.3 is 0 Å². The SMILES string of the molecule is CC(=O)C1CN(C(=O)Cc2ccc3oc4ccccc4c3c2)C1. The van der Waals surface area contributed by atoms with Gasteiger partial charge in [-0.25, -0.2) is 0 Å². The van der Waals surface area contributed by atoms with Gasteiger partial charge in [-0.1, -0.05) is 24.3 Å². The number of ketones is 1. The number of Topliss-reactive ketones (excluding diaryl/α,β-unsaturated/α-hetero) is 1. The number of nitrogens with zero attached hydrogens (tertiary/aromatic N) is 1. The molecule has 2 heterocycles. The summed E-state index contributed by atoms with van der Waals surface area (Å²) in [5.74, 6) is 0.272. The number of carbonyl (C=O) groups excluding carboxylic acids is 2. The van der Waals surface area contributed by atoms with Crippen LogP contribution in [0.3, 0.4) is 0 Å². The Bertz CT molecular complexity index is 919. The topological polar surface area (TPSA) is 50.5 Å². The Kier molecular flexibility index (Phi) is 3.18. The molecule has 0 radical (unpaired) electrons. The first-order valence-electron chi connectivity index (χ1n) is 7.80. The summed E-state index contributed by atoms with van der Waals surface area (Å²) in [5.41, 5.74) is 2.67. The molecule has 0 N–H and O–H groups in total. The van der Waals surface area contributed by atoms with E-state index in [-0.39, 0.29) is 17.6 Å². The summed E-state index contributed by atoms with van der Waals surface area (Å²) in [4.78, 5) is 25.3. The summed E-state index contributed by atoms with van der Waals surface area (Å²) >= 11 is 0. The number of fused-ring (bicyclic) bond motifs is 3. The Morgan fingerprint density at radius 3 is 2.61 bits per heavy atom. The summed E-state index contributed by atoms with van der Waals surface area (Å²) < 4.78 is 5.80. The Morgan fingerprint density at radius 2 is 1.83 bits per heavy atom. The maximum absolute atomic E-state index is 12.3. The highest BCUT2D eigenvalue weighted by Gasteiger charge is 2.33. The zero-order valence-electron chi connectivity index (χ0n) is 12.9. The smallest absolute Gasteiger partial charge is 0.227 e. The van der Waals surface area contributed by atoms with E-state index in [2.05, 4.69) is 0 Å². The average molecular weight is 307 g/mol. The zero-order valence-corrected chi connectivity index (χ0v) is 12.9. The molecule has 1 aromatic heterocycles. The summed E-state index contributed by atoms with van der Waals surface area (Å²) in [5, 5.41) is 2.11. The molecule has 3 aromatic rings. The first-order valence-corrected chi connectivity index (χ1v) is 7.80. The monoisotopic (exact) mass is 307 g/mol. The molecule has 1 amide bonds. The van der Waals surface area contributed by atoms with Gasteiger partial charge in [0, 0.05) is 23.9 Å². The Morgan fingerprint density at radius 1 is 1.09 bits per heavy atom. The van der Waals surface area contributed by atoms with Gasteiger partial charge < -0.3 is 9.32 Å². The van der Waals surface area contributed by atoms with Crippen molar-refractivity contribution in [1.29, 1.82) is 0 Å². The predicted octanol–water partition coefficient (Wildman–Crippen LogP) is 3.18. The van der Waals surface area contributed by atoms with Gasteiger partial charge in [0.05, 0.1) is 12.3 Å². The Balaban J connectivity index is 1.56. The zero-order chi connectivity index (χ0) is 16.0. The summed E-state index contributed by atoms with van der Waals surface area (Å²) in [6, 6.07) is 13.8. The van der Waals surface area contributed by atoms with E-state index in [4.69, 9.17) is 4.42 Å². The van der Waals surface area contributed by atoms with Crippen molar-refractivity contribution in [3.63, 3.8) is 0 Å². The van der Waals surface area contributed by atoms with E-state index in [0.29, 0.717) is 19.5 Å². The van der Waals surface area contributed by atoms with Crippen LogP contribution in [-0.4, -0.2) is 29.7 Å². The standard InChI is InChI=1S/C19H17NO3/c1-12(21)14-10-20(11-14)19(22)9-13-6-7-18-16(8-13)15-4-2-3-5-17(15)23-18/h2-8,14H,9-11H2,1H3. The van der Waals surface area contributed by atoms with E-state index in [1.165, 1.54) is 0 Å². The van der Waals surface area contributed by atoms with Gasteiger partial charge in [0.1, 0.15) is 16.9 Å². The lowest BCUT2D eigenvalue weighted by Gasteiger charge is -2.37. The number of furan rings is 1. The number of carbonyl (C=O) groups is 2. The van der Waals surface area contributed by atoms with Crippen molar-refractivity contribution in [3.05, 3.63) is 48.0 Å². The largest absolute Gasteiger partial charge is 0.456 e. The number of hydrogen-bond donors (Lipinski definition) is 0. The number of rotatable bonds is 3. The Hall–Kier alpha value is -2.62. The highest BCUT2D eigenvalue weighted by atomic mass is 16.3. The van der Waals surface area contributed by atoms with E-state index >= 15 is 0 Å². The quantitative estimate of drug-likeness (QED) is 0.747. The Labute approximate surface area is 133 Å². The maximum atomic E-state index is 12.3. The minimum atomic E-state index is 0.0271. The lowest BCUT2D eigenvalue weighted by atomic mass is 9.95. The molecule has 0 bridgehead atoms. The van der Waals surface area contributed by atoms with Crippen molar-refractivity contribution in [2.75, 3.05) is 13.1 Å². The summed E-state index contributed by atoms with van der Waals surface area (Å²) in [6.07, 6.45) is 0.361. The second-order valence-electron chi connectivity index (χ2n) is 6.21. The molecule has 2 aromatic carbocycles. The fraction of sp³-hybridized carbons (Fsp3) is 0.263. The van der Waals surface area contributed by atoms with Crippen molar-refractivity contribution in [2.24, 2.45) is 5.92 Å².